The van der Waals surface area contributed by atoms with Gasteiger partial charge >= 0.3 is 0 Å². The Morgan fingerprint density at radius 3 is 1.59 bits per heavy atom. The number of hydrogen-bond acceptors (Lipinski definition) is 4. The minimum Gasteiger partial charge on any atom is -0.484 e. The molecule has 2 aliphatic rings. The second-order valence-electron chi connectivity index (χ2n) is 12.3. The lowest BCUT2D eigenvalue weighted by Gasteiger charge is -2.14. The Balaban J connectivity index is 1.24. The quantitative estimate of drug-likeness (QED) is 0.200. The van der Waals surface area contributed by atoms with Crippen molar-refractivity contribution in [2.45, 2.75) is 12.0 Å². The summed E-state index contributed by atoms with van der Waals surface area (Å²) in [5, 5.41) is 6.52. The molecular formula is C42H24O4. The molecule has 0 fully saturated rings. The van der Waals surface area contributed by atoms with Gasteiger partial charge in [0.25, 0.3) is 0 Å². The van der Waals surface area contributed by atoms with Crippen molar-refractivity contribution in [1.82, 2.24) is 0 Å². The van der Waals surface area contributed by atoms with Gasteiger partial charge in [0.1, 0.15) is 45.4 Å². The molecule has 9 aromatic rings. The van der Waals surface area contributed by atoms with Crippen molar-refractivity contribution in [1.29, 1.82) is 0 Å². The van der Waals surface area contributed by atoms with E-state index in [9.17, 15) is 0 Å². The molecule has 0 radical (unpaired) electrons. The summed E-state index contributed by atoms with van der Waals surface area (Å²) in [7, 11) is 0. The fraction of sp³-hybridized carbons (Fsp3) is 0.0476. The van der Waals surface area contributed by atoms with Gasteiger partial charge in [0.2, 0.25) is 0 Å². The maximum Gasteiger partial charge on any atom is 0.147 e. The van der Waals surface area contributed by atoms with Gasteiger partial charge in [0, 0.05) is 43.8 Å². The van der Waals surface area contributed by atoms with E-state index in [1.165, 1.54) is 5.56 Å². The summed E-state index contributed by atoms with van der Waals surface area (Å²) in [6.07, 6.45) is 8.53. The van der Waals surface area contributed by atoms with Crippen LogP contribution in [0, 0.1) is 0 Å². The first kappa shape index (κ1) is 24.3. The van der Waals surface area contributed by atoms with Crippen LogP contribution < -0.4 is 4.74 Å². The Morgan fingerprint density at radius 2 is 0.957 bits per heavy atom. The molecule has 216 valence electrons. The van der Waals surface area contributed by atoms with Gasteiger partial charge < -0.3 is 18.0 Å². The van der Waals surface area contributed by atoms with Crippen molar-refractivity contribution < 1.29 is 18.0 Å². The third-order valence-corrected chi connectivity index (χ3v) is 9.80. The molecule has 6 aromatic carbocycles. The molecule has 3 aromatic heterocycles. The normalized spacial score (nSPS) is 17.1. The molecule has 0 saturated carbocycles. The van der Waals surface area contributed by atoms with Gasteiger partial charge in [0.05, 0.1) is 11.1 Å². The predicted molar refractivity (Wildman–Crippen MR) is 185 cm³/mol. The molecule has 4 heteroatoms. The zero-order valence-electron chi connectivity index (χ0n) is 24.5. The third-order valence-electron chi connectivity index (χ3n) is 9.80. The number of hydrogen-bond donors (Lipinski definition) is 0. The topological polar surface area (TPSA) is 48.7 Å². The Labute approximate surface area is 262 Å². The van der Waals surface area contributed by atoms with Gasteiger partial charge in [0.15, 0.2) is 0 Å². The SMILES string of the molecule is C1=CC2Oc3c(cc4c(oc5ccccc54)c3-c3cccc(-c4c5oc6ccccc6c5cc5c4oc4ccccc45)c3)C2C=C1. The van der Waals surface area contributed by atoms with E-state index in [-0.39, 0.29) is 12.0 Å². The van der Waals surface area contributed by atoms with E-state index in [0.29, 0.717) is 0 Å². The number of rotatable bonds is 2. The van der Waals surface area contributed by atoms with Crippen molar-refractivity contribution in [3.63, 3.8) is 0 Å². The Morgan fingerprint density at radius 1 is 0.435 bits per heavy atom. The summed E-state index contributed by atoms with van der Waals surface area (Å²) in [4.78, 5) is 0. The van der Waals surface area contributed by atoms with Crippen molar-refractivity contribution in [3.05, 3.63) is 139 Å². The molecule has 0 N–H and O–H groups in total. The van der Waals surface area contributed by atoms with Crippen LogP contribution in [0.2, 0.25) is 0 Å². The van der Waals surface area contributed by atoms with E-state index in [4.69, 9.17) is 18.0 Å². The van der Waals surface area contributed by atoms with E-state index < -0.39 is 0 Å². The van der Waals surface area contributed by atoms with Crippen molar-refractivity contribution in [2.24, 2.45) is 0 Å². The van der Waals surface area contributed by atoms with Crippen LogP contribution in [-0.4, -0.2) is 6.10 Å². The maximum atomic E-state index is 6.73. The summed E-state index contributed by atoms with van der Waals surface area (Å²) >= 11 is 0. The second kappa shape index (κ2) is 8.80. The number of para-hydroxylation sites is 3. The fourth-order valence-electron chi connectivity index (χ4n) is 7.74. The predicted octanol–water partition coefficient (Wildman–Crippen LogP) is 11.7. The van der Waals surface area contributed by atoms with Gasteiger partial charge in [-0.05, 0) is 53.6 Å². The molecule has 0 amide bonds. The summed E-state index contributed by atoms with van der Waals surface area (Å²) in [6, 6.07) is 37.8. The van der Waals surface area contributed by atoms with Crippen LogP contribution in [0.15, 0.2) is 147 Å². The lowest BCUT2D eigenvalue weighted by Crippen LogP contribution is -2.15. The van der Waals surface area contributed by atoms with Crippen LogP contribution in [-0.2, 0) is 0 Å². The van der Waals surface area contributed by atoms with Crippen LogP contribution in [0.5, 0.6) is 5.75 Å². The number of benzene rings is 6. The van der Waals surface area contributed by atoms with E-state index in [0.717, 1.165) is 93.8 Å². The van der Waals surface area contributed by atoms with Crippen LogP contribution in [0.1, 0.15) is 11.5 Å². The number of furan rings is 3. The fourth-order valence-corrected chi connectivity index (χ4v) is 7.74. The van der Waals surface area contributed by atoms with E-state index in [1.54, 1.807) is 0 Å². The Hall–Kier alpha value is -6.00. The molecule has 2 unspecified atom stereocenters. The highest BCUT2D eigenvalue weighted by Crippen LogP contribution is 2.52. The molecule has 4 nitrogen and oxygen atoms in total. The maximum absolute atomic E-state index is 6.73. The van der Waals surface area contributed by atoms with Crippen LogP contribution in [0.3, 0.4) is 0 Å². The van der Waals surface area contributed by atoms with Gasteiger partial charge in [-0.15, -0.1) is 0 Å². The third kappa shape index (κ3) is 3.18. The largest absolute Gasteiger partial charge is 0.484 e. The van der Waals surface area contributed by atoms with E-state index in [2.05, 4.69) is 97.1 Å². The standard InChI is InChI=1S/C42H24O4/c1-5-16-33-25(12-1)29-21-30-26-13-2-6-17-34(26)44-40(30)37(39(29)43-33)23-10-9-11-24(20-23)38-41-31(27-14-3-7-18-35(27)45-41)22-32-28-15-4-8-19-36(28)46-42(32)38/h1-22,25,33H. The highest BCUT2D eigenvalue weighted by molar-refractivity contribution is 6.22. The Bertz CT molecular complexity index is 2710. The number of ether oxygens (including phenoxy) is 1. The summed E-state index contributed by atoms with van der Waals surface area (Å²) in [5.74, 6) is 1.03. The first-order chi connectivity index (χ1) is 22.8. The average Bonchev–Trinajstić information content (AvgIpc) is 3.86. The van der Waals surface area contributed by atoms with E-state index in [1.807, 2.05) is 36.4 Å². The lowest BCUT2D eigenvalue weighted by atomic mass is 9.88. The second-order valence-corrected chi connectivity index (χ2v) is 12.3. The number of fused-ring (bicyclic) bond motifs is 12. The van der Waals surface area contributed by atoms with E-state index >= 15 is 0 Å². The molecule has 46 heavy (non-hydrogen) atoms. The molecule has 2 atom stereocenters. The molecule has 4 heterocycles. The zero-order chi connectivity index (χ0) is 29.9. The van der Waals surface area contributed by atoms with Gasteiger partial charge in [-0.3, -0.25) is 0 Å². The first-order valence-electron chi connectivity index (χ1n) is 15.7. The monoisotopic (exact) mass is 592 g/mol. The van der Waals surface area contributed by atoms with Gasteiger partial charge in [-0.1, -0.05) is 91.0 Å². The molecule has 1 aliphatic carbocycles. The molecule has 0 bridgehead atoms. The molecule has 0 spiro atoms. The molecular weight excluding hydrogens is 568 g/mol. The Kier molecular flexibility index (Phi) is 4.66. The highest BCUT2D eigenvalue weighted by Gasteiger charge is 2.36. The van der Waals surface area contributed by atoms with Gasteiger partial charge in [-0.2, -0.15) is 0 Å². The minimum absolute atomic E-state index is 0.0424. The summed E-state index contributed by atoms with van der Waals surface area (Å²) in [6.45, 7) is 0. The van der Waals surface area contributed by atoms with Crippen molar-refractivity contribution in [3.8, 4) is 28.0 Å². The summed E-state index contributed by atoms with van der Waals surface area (Å²) in [5.41, 5.74) is 10.2. The smallest absolute Gasteiger partial charge is 0.147 e. The van der Waals surface area contributed by atoms with Crippen molar-refractivity contribution >= 4 is 65.8 Å². The highest BCUT2D eigenvalue weighted by atomic mass is 16.5. The molecule has 0 saturated heterocycles. The average molecular weight is 593 g/mol. The van der Waals surface area contributed by atoms with Crippen molar-refractivity contribution in [2.75, 3.05) is 0 Å². The first-order valence-corrected chi connectivity index (χ1v) is 15.7. The minimum atomic E-state index is -0.0424. The van der Waals surface area contributed by atoms with Gasteiger partial charge in [-0.25, -0.2) is 0 Å². The number of allylic oxidation sites excluding steroid dienone is 2. The van der Waals surface area contributed by atoms with Crippen LogP contribution in [0.25, 0.3) is 88.1 Å². The molecule has 11 rings (SSSR count). The zero-order valence-corrected chi connectivity index (χ0v) is 24.5. The van der Waals surface area contributed by atoms with Crippen LogP contribution >= 0.6 is 0 Å². The molecule has 1 aliphatic heterocycles. The summed E-state index contributed by atoms with van der Waals surface area (Å²) < 4.78 is 26.6. The van der Waals surface area contributed by atoms with Crippen LogP contribution in [0.4, 0.5) is 0 Å². The lowest BCUT2D eigenvalue weighted by molar-refractivity contribution is 0.270.